The molecule has 0 heterocycles. The molecular formula is C16H27NO. The van der Waals surface area contributed by atoms with E-state index in [2.05, 4.69) is 58.1 Å². The lowest BCUT2D eigenvalue weighted by atomic mass is 9.94. The number of hydrogen-bond acceptors (Lipinski definition) is 2. The van der Waals surface area contributed by atoms with Crippen molar-refractivity contribution in [1.82, 2.24) is 5.32 Å². The Kier molecular flexibility index (Phi) is 5.83. The van der Waals surface area contributed by atoms with Crippen molar-refractivity contribution in [2.75, 3.05) is 0 Å². The molecule has 0 bridgehead atoms. The van der Waals surface area contributed by atoms with E-state index < -0.39 is 6.10 Å². The highest BCUT2D eigenvalue weighted by molar-refractivity contribution is 5.32. The molecule has 0 aliphatic rings. The van der Waals surface area contributed by atoms with Crippen molar-refractivity contribution in [2.24, 2.45) is 0 Å². The van der Waals surface area contributed by atoms with Gasteiger partial charge in [0.1, 0.15) is 0 Å². The van der Waals surface area contributed by atoms with Crippen LogP contribution in [-0.2, 0) is 0 Å². The van der Waals surface area contributed by atoms with Crippen LogP contribution in [-0.4, -0.2) is 17.2 Å². The molecule has 3 unspecified atom stereocenters. The zero-order valence-electron chi connectivity index (χ0n) is 12.3. The quantitative estimate of drug-likeness (QED) is 0.808. The van der Waals surface area contributed by atoms with E-state index in [9.17, 15) is 5.11 Å². The lowest BCUT2D eigenvalue weighted by Crippen LogP contribution is -2.40. The Morgan fingerprint density at radius 2 is 1.83 bits per heavy atom. The second kappa shape index (κ2) is 6.91. The molecule has 2 N–H and O–H groups in total. The standard InChI is InChI=1S/C16H27NO/c1-6-13(5)17-15(7-2)16(18)14-9-8-11(3)10-12(14)4/h8-10,13,15-18H,6-7H2,1-5H3. The Bertz CT molecular complexity index is 375. The highest BCUT2D eigenvalue weighted by atomic mass is 16.3. The molecule has 2 nitrogen and oxygen atoms in total. The van der Waals surface area contributed by atoms with Crippen LogP contribution < -0.4 is 5.32 Å². The minimum absolute atomic E-state index is 0.126. The normalized spacial score (nSPS) is 16.3. The van der Waals surface area contributed by atoms with Crippen molar-refractivity contribution >= 4 is 0 Å². The third-order valence-electron chi connectivity index (χ3n) is 3.68. The fraction of sp³-hybridized carbons (Fsp3) is 0.625. The summed E-state index contributed by atoms with van der Waals surface area (Å²) in [5.74, 6) is 0. The molecule has 2 heteroatoms. The molecule has 0 spiro atoms. The van der Waals surface area contributed by atoms with Crippen LogP contribution in [0.15, 0.2) is 18.2 Å². The average molecular weight is 249 g/mol. The van der Waals surface area contributed by atoms with E-state index in [-0.39, 0.29) is 6.04 Å². The molecule has 18 heavy (non-hydrogen) atoms. The van der Waals surface area contributed by atoms with Crippen LogP contribution in [0.2, 0.25) is 0 Å². The molecule has 3 atom stereocenters. The van der Waals surface area contributed by atoms with Crippen molar-refractivity contribution in [2.45, 2.75) is 65.6 Å². The Balaban J connectivity index is 2.85. The van der Waals surface area contributed by atoms with Crippen LogP contribution >= 0.6 is 0 Å². The predicted octanol–water partition coefficient (Wildman–Crippen LogP) is 3.50. The molecule has 102 valence electrons. The van der Waals surface area contributed by atoms with Gasteiger partial charge < -0.3 is 10.4 Å². The molecule has 0 aliphatic heterocycles. The van der Waals surface area contributed by atoms with E-state index in [4.69, 9.17) is 0 Å². The number of rotatable bonds is 6. The summed E-state index contributed by atoms with van der Waals surface area (Å²) in [4.78, 5) is 0. The molecule has 0 radical (unpaired) electrons. The summed E-state index contributed by atoms with van der Waals surface area (Å²) in [6.45, 7) is 10.6. The lowest BCUT2D eigenvalue weighted by molar-refractivity contribution is 0.119. The summed E-state index contributed by atoms with van der Waals surface area (Å²) < 4.78 is 0. The molecule has 0 aromatic heterocycles. The summed E-state index contributed by atoms with van der Waals surface area (Å²) >= 11 is 0. The van der Waals surface area contributed by atoms with E-state index in [0.717, 1.165) is 18.4 Å². The van der Waals surface area contributed by atoms with Crippen molar-refractivity contribution < 1.29 is 5.11 Å². The fourth-order valence-electron chi connectivity index (χ4n) is 2.29. The van der Waals surface area contributed by atoms with Gasteiger partial charge in [0.15, 0.2) is 0 Å². The Morgan fingerprint density at radius 1 is 1.17 bits per heavy atom. The fourth-order valence-corrected chi connectivity index (χ4v) is 2.29. The van der Waals surface area contributed by atoms with Crippen LogP contribution in [0.25, 0.3) is 0 Å². The summed E-state index contributed by atoms with van der Waals surface area (Å²) in [6, 6.07) is 6.82. The van der Waals surface area contributed by atoms with Crippen molar-refractivity contribution in [3.8, 4) is 0 Å². The maximum absolute atomic E-state index is 10.5. The Hall–Kier alpha value is -0.860. The smallest absolute Gasteiger partial charge is 0.0945 e. The van der Waals surface area contributed by atoms with E-state index >= 15 is 0 Å². The molecule has 0 fully saturated rings. The van der Waals surface area contributed by atoms with Gasteiger partial charge >= 0.3 is 0 Å². The van der Waals surface area contributed by atoms with E-state index in [1.807, 2.05) is 0 Å². The van der Waals surface area contributed by atoms with Gasteiger partial charge in [-0.05, 0) is 44.7 Å². The van der Waals surface area contributed by atoms with Crippen molar-refractivity contribution in [3.63, 3.8) is 0 Å². The van der Waals surface area contributed by atoms with E-state index in [1.54, 1.807) is 0 Å². The molecule has 0 aliphatic carbocycles. The number of aryl methyl sites for hydroxylation is 2. The molecule has 0 saturated heterocycles. The number of aliphatic hydroxyl groups excluding tert-OH is 1. The first-order valence-electron chi connectivity index (χ1n) is 7.00. The largest absolute Gasteiger partial charge is 0.387 e. The summed E-state index contributed by atoms with van der Waals surface area (Å²) in [5.41, 5.74) is 3.46. The lowest BCUT2D eigenvalue weighted by Gasteiger charge is -2.27. The van der Waals surface area contributed by atoms with Crippen molar-refractivity contribution in [1.29, 1.82) is 0 Å². The molecule has 0 saturated carbocycles. The maximum Gasteiger partial charge on any atom is 0.0945 e. The number of aliphatic hydroxyl groups is 1. The first kappa shape index (κ1) is 15.2. The monoisotopic (exact) mass is 249 g/mol. The third kappa shape index (κ3) is 3.82. The van der Waals surface area contributed by atoms with Gasteiger partial charge in [0.25, 0.3) is 0 Å². The summed E-state index contributed by atoms with van der Waals surface area (Å²) in [6.07, 6.45) is 1.58. The van der Waals surface area contributed by atoms with Crippen LogP contribution in [0.5, 0.6) is 0 Å². The third-order valence-corrected chi connectivity index (χ3v) is 3.68. The van der Waals surface area contributed by atoms with Gasteiger partial charge in [0, 0.05) is 12.1 Å². The highest BCUT2D eigenvalue weighted by Gasteiger charge is 2.21. The Labute approximate surface area is 111 Å². The Morgan fingerprint density at radius 3 is 2.33 bits per heavy atom. The van der Waals surface area contributed by atoms with Crippen LogP contribution in [0.3, 0.4) is 0 Å². The summed E-state index contributed by atoms with van der Waals surface area (Å²) in [5, 5.41) is 14.0. The minimum atomic E-state index is -0.426. The van der Waals surface area contributed by atoms with Crippen LogP contribution in [0.1, 0.15) is 56.4 Å². The summed E-state index contributed by atoms with van der Waals surface area (Å²) in [7, 11) is 0. The van der Waals surface area contributed by atoms with Gasteiger partial charge in [0.05, 0.1) is 6.10 Å². The van der Waals surface area contributed by atoms with Gasteiger partial charge in [-0.15, -0.1) is 0 Å². The topological polar surface area (TPSA) is 32.3 Å². The molecule has 0 amide bonds. The SMILES string of the molecule is CCC(C)NC(CC)C(O)c1ccc(C)cc1C. The second-order valence-corrected chi connectivity index (χ2v) is 5.30. The van der Waals surface area contributed by atoms with Gasteiger partial charge in [-0.1, -0.05) is 37.6 Å². The number of benzene rings is 1. The van der Waals surface area contributed by atoms with Gasteiger partial charge in [-0.25, -0.2) is 0 Å². The van der Waals surface area contributed by atoms with E-state index in [0.29, 0.717) is 6.04 Å². The first-order valence-corrected chi connectivity index (χ1v) is 7.00. The number of nitrogens with one attached hydrogen (secondary N) is 1. The van der Waals surface area contributed by atoms with Gasteiger partial charge in [-0.3, -0.25) is 0 Å². The first-order chi connectivity index (χ1) is 8.49. The molecule has 1 aromatic rings. The van der Waals surface area contributed by atoms with Gasteiger partial charge in [-0.2, -0.15) is 0 Å². The minimum Gasteiger partial charge on any atom is -0.387 e. The van der Waals surface area contributed by atoms with Crippen LogP contribution in [0.4, 0.5) is 0 Å². The van der Waals surface area contributed by atoms with Gasteiger partial charge in [0.2, 0.25) is 0 Å². The average Bonchev–Trinajstić information content (AvgIpc) is 2.34. The van der Waals surface area contributed by atoms with E-state index in [1.165, 1.54) is 11.1 Å². The number of hydrogen-bond donors (Lipinski definition) is 2. The second-order valence-electron chi connectivity index (χ2n) is 5.30. The van der Waals surface area contributed by atoms with Crippen LogP contribution in [0, 0.1) is 13.8 Å². The molecule has 1 aromatic carbocycles. The maximum atomic E-state index is 10.5. The zero-order valence-corrected chi connectivity index (χ0v) is 12.3. The molecular weight excluding hydrogens is 222 g/mol. The predicted molar refractivity (Wildman–Crippen MR) is 77.8 cm³/mol. The highest BCUT2D eigenvalue weighted by Crippen LogP contribution is 2.23. The van der Waals surface area contributed by atoms with Crippen molar-refractivity contribution in [3.05, 3.63) is 34.9 Å². The molecule has 1 rings (SSSR count). The zero-order chi connectivity index (χ0) is 13.7.